The second-order valence-corrected chi connectivity index (χ2v) is 4.00. The van der Waals surface area contributed by atoms with Gasteiger partial charge in [-0.3, -0.25) is 4.90 Å². The van der Waals surface area contributed by atoms with Crippen molar-refractivity contribution < 1.29 is 0 Å². The van der Waals surface area contributed by atoms with Crippen LogP contribution in [0.1, 0.15) is 19.0 Å². The van der Waals surface area contributed by atoms with E-state index in [0.29, 0.717) is 6.04 Å². The third-order valence-electron chi connectivity index (χ3n) is 2.86. The minimum absolute atomic E-state index is 0.639. The molecule has 1 aromatic rings. The van der Waals surface area contributed by atoms with Crippen LogP contribution in [-0.4, -0.2) is 40.5 Å². The molecule has 1 aliphatic heterocycles. The summed E-state index contributed by atoms with van der Waals surface area (Å²) >= 11 is 0. The Hall–Kier alpha value is -1.00. The van der Waals surface area contributed by atoms with Gasteiger partial charge in [0.05, 0.1) is 5.69 Å². The van der Waals surface area contributed by atoms with Crippen LogP contribution < -0.4 is 5.32 Å². The monoisotopic (exact) mass is 206 g/mol. The average Bonchev–Trinajstić information content (AvgIpc) is 2.31. The predicted molar refractivity (Wildman–Crippen MR) is 59.4 cm³/mol. The lowest BCUT2D eigenvalue weighted by Crippen LogP contribution is -2.49. The largest absolute Gasteiger partial charge is 0.311 e. The number of aromatic nitrogens is 2. The van der Waals surface area contributed by atoms with Crippen molar-refractivity contribution in [2.75, 3.05) is 19.6 Å². The first kappa shape index (κ1) is 10.5. The summed E-state index contributed by atoms with van der Waals surface area (Å²) in [5.74, 6) is 0. The van der Waals surface area contributed by atoms with Gasteiger partial charge in [-0.2, -0.15) is 0 Å². The van der Waals surface area contributed by atoms with E-state index in [1.165, 1.54) is 6.42 Å². The van der Waals surface area contributed by atoms with Gasteiger partial charge < -0.3 is 5.32 Å². The standard InChI is InChI=1S/C11H18N4/c1-2-10-7-15(6-5-13-10)8-11-3-4-12-9-14-11/h3-4,9-10,13H,2,5-8H2,1H3. The first-order chi connectivity index (χ1) is 7.38. The maximum Gasteiger partial charge on any atom is 0.115 e. The zero-order chi connectivity index (χ0) is 10.5. The Kier molecular flexibility index (Phi) is 3.64. The highest BCUT2D eigenvalue weighted by Crippen LogP contribution is 2.06. The second kappa shape index (κ2) is 5.19. The van der Waals surface area contributed by atoms with Gasteiger partial charge in [-0.1, -0.05) is 6.92 Å². The van der Waals surface area contributed by atoms with Crippen LogP contribution in [0.25, 0.3) is 0 Å². The summed E-state index contributed by atoms with van der Waals surface area (Å²) in [5.41, 5.74) is 1.11. The number of nitrogens with zero attached hydrogens (tertiary/aromatic N) is 3. The van der Waals surface area contributed by atoms with E-state index in [1.54, 1.807) is 6.33 Å². The number of nitrogens with one attached hydrogen (secondary N) is 1. The summed E-state index contributed by atoms with van der Waals surface area (Å²) in [7, 11) is 0. The van der Waals surface area contributed by atoms with Crippen LogP contribution in [0.4, 0.5) is 0 Å². The van der Waals surface area contributed by atoms with Gasteiger partial charge >= 0.3 is 0 Å². The van der Waals surface area contributed by atoms with E-state index in [9.17, 15) is 0 Å². The van der Waals surface area contributed by atoms with Crippen LogP contribution in [0.5, 0.6) is 0 Å². The molecule has 0 saturated carbocycles. The number of rotatable bonds is 3. The molecule has 0 radical (unpaired) electrons. The summed E-state index contributed by atoms with van der Waals surface area (Å²) in [5, 5.41) is 3.51. The molecule has 1 fully saturated rings. The summed E-state index contributed by atoms with van der Waals surface area (Å²) in [6.07, 6.45) is 4.62. The van der Waals surface area contributed by atoms with Crippen molar-refractivity contribution in [2.45, 2.75) is 25.9 Å². The van der Waals surface area contributed by atoms with E-state index in [0.717, 1.165) is 31.9 Å². The van der Waals surface area contributed by atoms with Crippen LogP contribution in [-0.2, 0) is 6.54 Å². The molecule has 4 heteroatoms. The first-order valence-electron chi connectivity index (χ1n) is 5.59. The van der Waals surface area contributed by atoms with Crippen molar-refractivity contribution in [3.63, 3.8) is 0 Å². The maximum atomic E-state index is 4.25. The van der Waals surface area contributed by atoms with Crippen molar-refractivity contribution in [1.82, 2.24) is 20.2 Å². The molecule has 1 aromatic heterocycles. The molecule has 82 valence electrons. The molecule has 1 saturated heterocycles. The first-order valence-corrected chi connectivity index (χ1v) is 5.59. The number of piperazine rings is 1. The van der Waals surface area contributed by atoms with E-state index in [1.807, 2.05) is 12.3 Å². The number of hydrogen-bond acceptors (Lipinski definition) is 4. The van der Waals surface area contributed by atoms with Gasteiger partial charge in [0.15, 0.2) is 0 Å². The fraction of sp³-hybridized carbons (Fsp3) is 0.636. The molecular weight excluding hydrogens is 188 g/mol. The third-order valence-corrected chi connectivity index (χ3v) is 2.86. The van der Waals surface area contributed by atoms with Gasteiger partial charge in [-0.25, -0.2) is 9.97 Å². The lowest BCUT2D eigenvalue weighted by molar-refractivity contribution is 0.188. The summed E-state index contributed by atoms with van der Waals surface area (Å²) in [6, 6.07) is 2.63. The summed E-state index contributed by atoms with van der Waals surface area (Å²) in [4.78, 5) is 10.6. The molecule has 0 bridgehead atoms. The molecule has 1 unspecified atom stereocenters. The molecule has 1 aliphatic rings. The molecule has 4 nitrogen and oxygen atoms in total. The van der Waals surface area contributed by atoms with Gasteiger partial charge in [0, 0.05) is 38.4 Å². The van der Waals surface area contributed by atoms with Crippen LogP contribution in [0.2, 0.25) is 0 Å². The Morgan fingerprint density at radius 2 is 2.53 bits per heavy atom. The molecule has 0 aromatic carbocycles. The zero-order valence-corrected chi connectivity index (χ0v) is 9.19. The average molecular weight is 206 g/mol. The van der Waals surface area contributed by atoms with E-state index in [-0.39, 0.29) is 0 Å². The fourth-order valence-corrected chi connectivity index (χ4v) is 1.95. The topological polar surface area (TPSA) is 41.1 Å². The molecule has 2 rings (SSSR count). The Morgan fingerprint density at radius 1 is 1.60 bits per heavy atom. The molecule has 1 atom stereocenters. The van der Waals surface area contributed by atoms with E-state index < -0.39 is 0 Å². The molecule has 0 aliphatic carbocycles. The SMILES string of the molecule is CCC1CN(Cc2ccncn2)CCN1. The molecule has 0 spiro atoms. The predicted octanol–water partition coefficient (Wildman–Crippen LogP) is 0.660. The summed E-state index contributed by atoms with van der Waals surface area (Å²) < 4.78 is 0. The highest BCUT2D eigenvalue weighted by molar-refractivity contribution is 4.98. The van der Waals surface area contributed by atoms with E-state index >= 15 is 0 Å². The Balaban J connectivity index is 1.89. The molecule has 2 heterocycles. The van der Waals surface area contributed by atoms with E-state index in [4.69, 9.17) is 0 Å². The highest BCUT2D eigenvalue weighted by Gasteiger charge is 2.17. The van der Waals surface area contributed by atoms with Gasteiger partial charge in [0.2, 0.25) is 0 Å². The smallest absolute Gasteiger partial charge is 0.115 e. The van der Waals surface area contributed by atoms with Crippen molar-refractivity contribution in [2.24, 2.45) is 0 Å². The quantitative estimate of drug-likeness (QED) is 0.789. The Bertz CT molecular complexity index is 288. The van der Waals surface area contributed by atoms with Gasteiger partial charge in [0.25, 0.3) is 0 Å². The minimum atomic E-state index is 0.639. The lowest BCUT2D eigenvalue weighted by Gasteiger charge is -2.32. The van der Waals surface area contributed by atoms with Crippen LogP contribution in [0, 0.1) is 0 Å². The third kappa shape index (κ3) is 2.97. The van der Waals surface area contributed by atoms with Crippen molar-refractivity contribution in [3.05, 3.63) is 24.3 Å². The normalized spacial score (nSPS) is 22.9. The second-order valence-electron chi connectivity index (χ2n) is 4.00. The Morgan fingerprint density at radius 3 is 3.27 bits per heavy atom. The molecular formula is C11H18N4. The maximum absolute atomic E-state index is 4.25. The number of hydrogen-bond donors (Lipinski definition) is 1. The molecule has 15 heavy (non-hydrogen) atoms. The fourth-order valence-electron chi connectivity index (χ4n) is 1.95. The van der Waals surface area contributed by atoms with Crippen molar-refractivity contribution in [1.29, 1.82) is 0 Å². The molecule has 0 amide bonds. The van der Waals surface area contributed by atoms with E-state index in [2.05, 4.69) is 27.1 Å². The van der Waals surface area contributed by atoms with Crippen molar-refractivity contribution >= 4 is 0 Å². The van der Waals surface area contributed by atoms with Crippen molar-refractivity contribution in [3.8, 4) is 0 Å². The van der Waals surface area contributed by atoms with Gasteiger partial charge in [-0.05, 0) is 12.5 Å². The van der Waals surface area contributed by atoms with Gasteiger partial charge in [0.1, 0.15) is 6.33 Å². The zero-order valence-electron chi connectivity index (χ0n) is 9.19. The lowest BCUT2D eigenvalue weighted by atomic mass is 10.1. The van der Waals surface area contributed by atoms with Gasteiger partial charge in [-0.15, -0.1) is 0 Å². The molecule has 1 N–H and O–H groups in total. The highest BCUT2D eigenvalue weighted by atomic mass is 15.2. The summed E-state index contributed by atoms with van der Waals surface area (Å²) in [6.45, 7) is 6.50. The van der Waals surface area contributed by atoms with Crippen LogP contribution in [0.3, 0.4) is 0 Å². The van der Waals surface area contributed by atoms with Crippen LogP contribution >= 0.6 is 0 Å². The van der Waals surface area contributed by atoms with Crippen LogP contribution in [0.15, 0.2) is 18.6 Å². The minimum Gasteiger partial charge on any atom is -0.311 e. The Labute approximate surface area is 90.7 Å².